The fourth-order valence-corrected chi connectivity index (χ4v) is 6.92. The molecule has 0 atom stereocenters. The largest absolute Gasteiger partial charge is 0.355 e. The van der Waals surface area contributed by atoms with Crippen molar-refractivity contribution >= 4 is 33.8 Å². The summed E-state index contributed by atoms with van der Waals surface area (Å²) >= 11 is 0. The lowest BCUT2D eigenvalue weighted by Gasteiger charge is -2.30. The molecule has 2 aliphatic rings. The number of hydrogen-bond donors (Lipinski definition) is 1. The third-order valence-electron chi connectivity index (χ3n) is 7.23. The molecular formula is C28H30FN3O4S. The number of hydrogen-bond acceptors (Lipinski definition) is 5. The number of nitrogens with one attached hydrogen (secondary N) is 1. The lowest BCUT2D eigenvalue weighted by molar-refractivity contribution is -0.120. The Morgan fingerprint density at radius 2 is 1.84 bits per heavy atom. The SMILES string of the molecule is Cc1noc(/C=C/c2ccccc2F)c1S(=O)(=O)N1CCC(C(=O)Nc2cccc3c2CCCC3)CC1. The van der Waals surface area contributed by atoms with Gasteiger partial charge in [0.05, 0.1) is 0 Å². The minimum Gasteiger partial charge on any atom is -0.355 e. The molecule has 0 unspecified atom stereocenters. The lowest BCUT2D eigenvalue weighted by Crippen LogP contribution is -2.41. The summed E-state index contributed by atoms with van der Waals surface area (Å²) in [6, 6.07) is 12.2. The Kier molecular flexibility index (Phi) is 7.26. The molecule has 194 valence electrons. The molecule has 2 heterocycles. The molecule has 37 heavy (non-hydrogen) atoms. The van der Waals surface area contributed by atoms with Crippen LogP contribution < -0.4 is 5.32 Å². The molecule has 1 aliphatic carbocycles. The normalized spacial score (nSPS) is 17.1. The highest BCUT2D eigenvalue weighted by molar-refractivity contribution is 7.89. The average Bonchev–Trinajstić information content (AvgIpc) is 3.29. The highest BCUT2D eigenvalue weighted by Crippen LogP contribution is 2.31. The maximum Gasteiger partial charge on any atom is 0.248 e. The zero-order valence-electron chi connectivity index (χ0n) is 20.7. The molecular weight excluding hydrogens is 493 g/mol. The molecule has 1 N–H and O–H groups in total. The van der Waals surface area contributed by atoms with E-state index in [-0.39, 0.29) is 41.3 Å². The number of aryl methyl sites for hydroxylation is 2. The third kappa shape index (κ3) is 5.24. The Bertz CT molecular complexity index is 1440. The Balaban J connectivity index is 1.27. The van der Waals surface area contributed by atoms with Crippen LogP contribution in [0.1, 0.15) is 53.8 Å². The van der Waals surface area contributed by atoms with Crippen LogP contribution >= 0.6 is 0 Å². The van der Waals surface area contributed by atoms with Gasteiger partial charge < -0.3 is 9.84 Å². The first kappa shape index (κ1) is 25.4. The van der Waals surface area contributed by atoms with Crippen LogP contribution in [-0.2, 0) is 27.7 Å². The van der Waals surface area contributed by atoms with Gasteiger partial charge in [0.15, 0.2) is 10.7 Å². The van der Waals surface area contributed by atoms with E-state index >= 15 is 0 Å². The van der Waals surface area contributed by atoms with Crippen LogP contribution in [-0.4, -0.2) is 36.9 Å². The molecule has 1 amide bonds. The molecule has 2 aromatic carbocycles. The molecule has 0 saturated carbocycles. The summed E-state index contributed by atoms with van der Waals surface area (Å²) in [7, 11) is -3.91. The quantitative estimate of drug-likeness (QED) is 0.479. The van der Waals surface area contributed by atoms with E-state index in [1.54, 1.807) is 25.1 Å². The van der Waals surface area contributed by atoms with E-state index in [1.807, 2.05) is 12.1 Å². The smallest absolute Gasteiger partial charge is 0.248 e. The number of aromatic nitrogens is 1. The van der Waals surface area contributed by atoms with Gasteiger partial charge in [0.1, 0.15) is 11.5 Å². The van der Waals surface area contributed by atoms with Gasteiger partial charge in [-0.15, -0.1) is 0 Å². The Hall–Kier alpha value is -3.30. The van der Waals surface area contributed by atoms with Gasteiger partial charge in [0, 0.05) is 30.3 Å². The number of amides is 1. The van der Waals surface area contributed by atoms with Gasteiger partial charge in [0.2, 0.25) is 15.9 Å². The number of sulfonamides is 1. The van der Waals surface area contributed by atoms with Gasteiger partial charge in [0.25, 0.3) is 0 Å². The summed E-state index contributed by atoms with van der Waals surface area (Å²) in [5, 5.41) is 6.95. The van der Waals surface area contributed by atoms with Gasteiger partial charge >= 0.3 is 0 Å². The van der Waals surface area contributed by atoms with Crippen LogP contribution in [0.3, 0.4) is 0 Å². The summed E-state index contributed by atoms with van der Waals surface area (Å²) in [6.45, 7) is 2.00. The molecule has 0 bridgehead atoms. The van der Waals surface area contributed by atoms with Crippen LogP contribution in [0.25, 0.3) is 12.2 Å². The van der Waals surface area contributed by atoms with Crippen LogP contribution in [0.5, 0.6) is 0 Å². The zero-order chi connectivity index (χ0) is 26.0. The number of fused-ring (bicyclic) bond motifs is 1. The predicted molar refractivity (Wildman–Crippen MR) is 140 cm³/mol. The zero-order valence-corrected chi connectivity index (χ0v) is 21.6. The molecule has 0 radical (unpaired) electrons. The first-order chi connectivity index (χ1) is 17.8. The molecule has 3 aromatic rings. The van der Waals surface area contributed by atoms with Crippen LogP contribution in [0.4, 0.5) is 10.1 Å². The topological polar surface area (TPSA) is 92.5 Å². The van der Waals surface area contributed by atoms with Crippen molar-refractivity contribution in [2.45, 2.75) is 50.3 Å². The summed E-state index contributed by atoms with van der Waals surface area (Å²) in [4.78, 5) is 13.0. The van der Waals surface area contributed by atoms with E-state index in [9.17, 15) is 17.6 Å². The van der Waals surface area contributed by atoms with Crippen molar-refractivity contribution in [3.05, 3.63) is 76.4 Å². The van der Waals surface area contributed by atoms with E-state index in [2.05, 4.69) is 16.5 Å². The standard InChI is InChI=1S/C28H30FN3O4S/c1-19-27(26(36-31-19)14-13-21-8-3-5-11-24(21)29)37(34,35)32-17-15-22(16-18-32)28(33)30-25-12-6-9-20-7-2-4-10-23(20)25/h3,5-6,8-9,11-14,22H,2,4,7,10,15-18H2,1H3,(H,30,33)/b14-13+. The number of benzene rings is 2. The molecule has 1 fully saturated rings. The number of carbonyl (C=O) groups is 1. The second kappa shape index (κ2) is 10.6. The summed E-state index contributed by atoms with van der Waals surface area (Å²) in [5.41, 5.74) is 3.95. The maximum atomic E-state index is 14.0. The number of rotatable bonds is 6. The Labute approximate surface area is 216 Å². The second-order valence-electron chi connectivity index (χ2n) is 9.63. The predicted octanol–water partition coefficient (Wildman–Crippen LogP) is 5.21. The van der Waals surface area contributed by atoms with E-state index in [4.69, 9.17) is 4.52 Å². The molecule has 7 nitrogen and oxygen atoms in total. The minimum atomic E-state index is -3.91. The van der Waals surface area contributed by atoms with Gasteiger partial charge in [-0.3, -0.25) is 4.79 Å². The van der Waals surface area contributed by atoms with Gasteiger partial charge in [-0.2, -0.15) is 4.31 Å². The van der Waals surface area contributed by atoms with E-state index in [0.717, 1.165) is 24.9 Å². The lowest BCUT2D eigenvalue weighted by atomic mass is 9.90. The molecule has 5 rings (SSSR count). The molecule has 0 spiro atoms. The van der Waals surface area contributed by atoms with Gasteiger partial charge in [-0.25, -0.2) is 12.8 Å². The first-order valence-corrected chi connectivity index (χ1v) is 14.1. The highest BCUT2D eigenvalue weighted by Gasteiger charge is 2.36. The van der Waals surface area contributed by atoms with Crippen LogP contribution in [0, 0.1) is 18.7 Å². The van der Waals surface area contributed by atoms with Crippen molar-refractivity contribution in [2.75, 3.05) is 18.4 Å². The van der Waals surface area contributed by atoms with Crippen molar-refractivity contribution in [1.82, 2.24) is 9.46 Å². The Morgan fingerprint density at radius 3 is 2.62 bits per heavy atom. The number of nitrogens with zero attached hydrogens (tertiary/aromatic N) is 2. The number of halogens is 1. The van der Waals surface area contributed by atoms with Crippen molar-refractivity contribution in [3.8, 4) is 0 Å². The average molecular weight is 524 g/mol. The van der Waals surface area contributed by atoms with Gasteiger partial charge in [-0.1, -0.05) is 35.5 Å². The number of anilines is 1. The number of piperidine rings is 1. The molecule has 9 heteroatoms. The van der Waals surface area contributed by atoms with Gasteiger partial charge in [-0.05, 0) is 80.9 Å². The highest BCUT2D eigenvalue weighted by atomic mass is 32.2. The summed E-state index contributed by atoms with van der Waals surface area (Å²) in [5.74, 6) is -0.703. The van der Waals surface area contributed by atoms with E-state index < -0.39 is 15.8 Å². The third-order valence-corrected chi connectivity index (χ3v) is 9.29. The fourth-order valence-electron chi connectivity index (χ4n) is 5.20. The van der Waals surface area contributed by atoms with Crippen molar-refractivity contribution in [1.29, 1.82) is 0 Å². The molecule has 1 aliphatic heterocycles. The fraction of sp³-hybridized carbons (Fsp3) is 0.357. The van der Waals surface area contributed by atoms with E-state index in [0.29, 0.717) is 18.4 Å². The maximum absolute atomic E-state index is 14.0. The minimum absolute atomic E-state index is 0.0288. The molecule has 1 aromatic heterocycles. The van der Waals surface area contributed by atoms with Crippen LogP contribution in [0.2, 0.25) is 0 Å². The van der Waals surface area contributed by atoms with Crippen molar-refractivity contribution < 1.29 is 22.1 Å². The van der Waals surface area contributed by atoms with E-state index in [1.165, 1.54) is 40.1 Å². The van der Waals surface area contributed by atoms with Crippen molar-refractivity contribution in [2.24, 2.45) is 5.92 Å². The second-order valence-corrected chi connectivity index (χ2v) is 11.5. The van der Waals surface area contributed by atoms with Crippen molar-refractivity contribution in [3.63, 3.8) is 0 Å². The number of carbonyl (C=O) groups excluding carboxylic acids is 1. The first-order valence-electron chi connectivity index (χ1n) is 12.7. The van der Waals surface area contributed by atoms with Crippen LogP contribution in [0.15, 0.2) is 51.9 Å². The summed E-state index contributed by atoms with van der Waals surface area (Å²) < 4.78 is 47.7. The summed E-state index contributed by atoms with van der Waals surface area (Å²) in [6.07, 6.45) is 8.03. The monoisotopic (exact) mass is 523 g/mol. The molecule has 1 saturated heterocycles. The Morgan fingerprint density at radius 1 is 1.08 bits per heavy atom.